The lowest BCUT2D eigenvalue weighted by Gasteiger charge is -2.19. The van der Waals surface area contributed by atoms with E-state index < -0.39 is 0 Å². The summed E-state index contributed by atoms with van der Waals surface area (Å²) in [5.74, 6) is 0.736. The van der Waals surface area contributed by atoms with Crippen LogP contribution in [0.3, 0.4) is 0 Å². The molecule has 0 saturated heterocycles. The van der Waals surface area contributed by atoms with Crippen LogP contribution < -0.4 is 0 Å². The van der Waals surface area contributed by atoms with Crippen molar-refractivity contribution >= 4 is 31.5 Å². The highest BCUT2D eigenvalue weighted by molar-refractivity contribution is 7.26. The molecule has 2 atom stereocenters. The first-order valence-corrected chi connectivity index (χ1v) is 20.6. The molecule has 0 bridgehead atoms. The highest BCUT2D eigenvalue weighted by atomic mass is 32.1. The molecule has 2 aliphatic carbocycles. The molecule has 55 heavy (non-hydrogen) atoms. The van der Waals surface area contributed by atoms with E-state index in [0.29, 0.717) is 11.8 Å². The fourth-order valence-corrected chi connectivity index (χ4v) is 10.9. The van der Waals surface area contributed by atoms with Crippen molar-refractivity contribution in [3.05, 3.63) is 215 Å². The second kappa shape index (κ2) is 13.4. The van der Waals surface area contributed by atoms with Gasteiger partial charge < -0.3 is 0 Å². The Morgan fingerprint density at radius 2 is 0.873 bits per heavy atom. The van der Waals surface area contributed by atoms with Gasteiger partial charge in [0.15, 0.2) is 0 Å². The molecule has 2 aliphatic rings. The van der Waals surface area contributed by atoms with E-state index in [1.54, 1.807) is 0 Å². The minimum atomic E-state index is 0.336. The number of benzene rings is 8. The summed E-state index contributed by atoms with van der Waals surface area (Å²) in [6.45, 7) is 0. The van der Waals surface area contributed by atoms with Gasteiger partial charge >= 0.3 is 0 Å². The van der Waals surface area contributed by atoms with Crippen LogP contribution in [0.4, 0.5) is 0 Å². The van der Waals surface area contributed by atoms with Crippen LogP contribution in [-0.4, -0.2) is 0 Å². The number of fused-ring (bicyclic) bond motifs is 9. The Morgan fingerprint density at radius 1 is 0.364 bits per heavy atom. The fourth-order valence-electron chi connectivity index (χ4n) is 9.70. The van der Waals surface area contributed by atoms with Crippen LogP contribution in [0.25, 0.3) is 64.7 Å². The highest BCUT2D eigenvalue weighted by Gasteiger charge is 2.26. The molecule has 0 amide bonds. The SMILES string of the molecule is c1ccc(C2CCc3ccc(-c4ccc5c(c4)-c4ccccc4C(c4ccc(-c6cccc7c6sc6ccccc67)cc4)CC5)cc3-c3ccccc32)cc1. The number of thiophene rings is 1. The molecule has 11 rings (SSSR count). The minimum Gasteiger partial charge on any atom is -0.135 e. The molecule has 262 valence electrons. The van der Waals surface area contributed by atoms with Gasteiger partial charge in [-0.2, -0.15) is 0 Å². The van der Waals surface area contributed by atoms with Gasteiger partial charge in [0.2, 0.25) is 0 Å². The summed E-state index contributed by atoms with van der Waals surface area (Å²) in [6, 6.07) is 68.8. The fraction of sp³-hybridized carbons (Fsp3) is 0.111. The molecule has 0 saturated carbocycles. The summed E-state index contributed by atoms with van der Waals surface area (Å²) >= 11 is 1.90. The topological polar surface area (TPSA) is 0 Å². The molecule has 1 heteroatoms. The maximum absolute atomic E-state index is 2.47. The molecule has 0 spiro atoms. The lowest BCUT2D eigenvalue weighted by Crippen LogP contribution is -2.02. The van der Waals surface area contributed by atoms with Gasteiger partial charge in [-0.1, -0.05) is 164 Å². The standard InChI is InChI=1S/C54H40S/c1-2-11-35(12-3-1)42-31-29-38-25-27-40(33-51(38)47-15-6-4-13-45(42)47)41-28-26-39-30-32-43(46-14-5-7-16-48(46)52(39)34-41)36-21-23-37(24-22-36)44-18-10-19-50-49-17-8-9-20-53(49)55-54(44)50/h1-28,33-34,42-43H,29-32H2. The van der Waals surface area contributed by atoms with Gasteiger partial charge in [0, 0.05) is 32.0 Å². The molecule has 1 heterocycles. The minimum absolute atomic E-state index is 0.336. The van der Waals surface area contributed by atoms with Crippen molar-refractivity contribution in [2.75, 3.05) is 0 Å². The van der Waals surface area contributed by atoms with Gasteiger partial charge in [-0.05, 0) is 122 Å². The lowest BCUT2D eigenvalue weighted by molar-refractivity contribution is 0.726. The molecular formula is C54H40S. The van der Waals surface area contributed by atoms with Gasteiger partial charge in [0.05, 0.1) is 0 Å². The molecule has 2 unspecified atom stereocenters. The van der Waals surface area contributed by atoms with Gasteiger partial charge in [-0.3, -0.25) is 0 Å². The van der Waals surface area contributed by atoms with Crippen LogP contribution in [0.2, 0.25) is 0 Å². The van der Waals surface area contributed by atoms with E-state index >= 15 is 0 Å². The van der Waals surface area contributed by atoms with E-state index in [1.807, 2.05) is 11.3 Å². The van der Waals surface area contributed by atoms with Crippen LogP contribution in [0.1, 0.15) is 58.1 Å². The maximum atomic E-state index is 2.47. The maximum Gasteiger partial charge on any atom is 0.0433 e. The molecule has 1 aromatic heterocycles. The lowest BCUT2D eigenvalue weighted by atomic mass is 9.85. The van der Waals surface area contributed by atoms with Gasteiger partial charge in [0.1, 0.15) is 0 Å². The Kier molecular flexibility index (Phi) is 7.88. The van der Waals surface area contributed by atoms with E-state index in [1.165, 1.54) is 98.1 Å². The third kappa shape index (κ3) is 5.57. The zero-order valence-electron chi connectivity index (χ0n) is 30.7. The van der Waals surface area contributed by atoms with Crippen LogP contribution in [0, 0.1) is 0 Å². The van der Waals surface area contributed by atoms with E-state index in [2.05, 4.69) is 182 Å². The van der Waals surface area contributed by atoms with E-state index in [4.69, 9.17) is 0 Å². The number of aryl methyl sites for hydroxylation is 2. The molecule has 9 aromatic rings. The predicted molar refractivity (Wildman–Crippen MR) is 234 cm³/mol. The summed E-state index contributed by atoms with van der Waals surface area (Å²) in [5.41, 5.74) is 19.3. The van der Waals surface area contributed by atoms with E-state index in [-0.39, 0.29) is 0 Å². The summed E-state index contributed by atoms with van der Waals surface area (Å²) in [4.78, 5) is 0. The largest absolute Gasteiger partial charge is 0.135 e. The molecular weight excluding hydrogens is 681 g/mol. The van der Waals surface area contributed by atoms with E-state index in [0.717, 1.165) is 25.7 Å². The molecule has 0 N–H and O–H groups in total. The van der Waals surface area contributed by atoms with Crippen molar-refractivity contribution in [1.82, 2.24) is 0 Å². The van der Waals surface area contributed by atoms with Crippen molar-refractivity contribution in [3.63, 3.8) is 0 Å². The summed E-state index contributed by atoms with van der Waals surface area (Å²) in [7, 11) is 0. The normalized spacial score (nSPS) is 16.1. The molecule has 0 radical (unpaired) electrons. The van der Waals surface area contributed by atoms with Crippen molar-refractivity contribution < 1.29 is 0 Å². The Balaban J connectivity index is 0.943. The average Bonchev–Trinajstić information content (AvgIpc) is 3.45. The molecule has 8 aromatic carbocycles. The monoisotopic (exact) mass is 720 g/mol. The molecule has 0 nitrogen and oxygen atoms in total. The van der Waals surface area contributed by atoms with Crippen LogP contribution >= 0.6 is 11.3 Å². The van der Waals surface area contributed by atoms with Crippen molar-refractivity contribution in [2.24, 2.45) is 0 Å². The Morgan fingerprint density at radius 3 is 1.53 bits per heavy atom. The van der Waals surface area contributed by atoms with Gasteiger partial charge in [0.25, 0.3) is 0 Å². The summed E-state index contributed by atoms with van der Waals surface area (Å²) < 4.78 is 2.72. The Labute approximate surface area is 327 Å². The summed E-state index contributed by atoms with van der Waals surface area (Å²) in [6.07, 6.45) is 4.34. The van der Waals surface area contributed by atoms with Gasteiger partial charge in [-0.15, -0.1) is 11.3 Å². The second-order valence-corrected chi connectivity index (χ2v) is 16.5. The second-order valence-electron chi connectivity index (χ2n) is 15.4. The predicted octanol–water partition coefficient (Wildman–Crippen LogP) is 14.9. The zero-order chi connectivity index (χ0) is 36.3. The molecule has 0 fully saturated rings. The Bertz CT molecular complexity index is 2870. The number of rotatable bonds is 4. The quantitative estimate of drug-likeness (QED) is 0.170. The van der Waals surface area contributed by atoms with Crippen LogP contribution in [-0.2, 0) is 12.8 Å². The third-order valence-corrected chi connectivity index (χ3v) is 13.7. The van der Waals surface area contributed by atoms with Crippen molar-refractivity contribution in [1.29, 1.82) is 0 Å². The first-order valence-electron chi connectivity index (χ1n) is 19.8. The highest BCUT2D eigenvalue weighted by Crippen LogP contribution is 2.46. The third-order valence-electron chi connectivity index (χ3n) is 12.4. The Hall–Kier alpha value is -6.02. The summed E-state index contributed by atoms with van der Waals surface area (Å²) in [5, 5.41) is 2.70. The van der Waals surface area contributed by atoms with Gasteiger partial charge in [-0.25, -0.2) is 0 Å². The van der Waals surface area contributed by atoms with Crippen molar-refractivity contribution in [2.45, 2.75) is 37.5 Å². The van der Waals surface area contributed by atoms with Crippen LogP contribution in [0.5, 0.6) is 0 Å². The molecule has 0 aliphatic heterocycles. The first-order chi connectivity index (χ1) is 27.3. The average molecular weight is 721 g/mol. The first kappa shape index (κ1) is 32.4. The van der Waals surface area contributed by atoms with E-state index in [9.17, 15) is 0 Å². The van der Waals surface area contributed by atoms with Crippen molar-refractivity contribution in [3.8, 4) is 44.5 Å². The number of hydrogen-bond acceptors (Lipinski definition) is 1. The smallest absolute Gasteiger partial charge is 0.0433 e. The zero-order valence-corrected chi connectivity index (χ0v) is 31.5. The van der Waals surface area contributed by atoms with Crippen LogP contribution in [0.15, 0.2) is 182 Å². The number of hydrogen-bond donors (Lipinski definition) is 0.